The van der Waals surface area contributed by atoms with E-state index in [1.54, 1.807) is 28.9 Å². The first-order chi connectivity index (χ1) is 13.5. The van der Waals surface area contributed by atoms with E-state index < -0.39 is 10.0 Å². The summed E-state index contributed by atoms with van der Waals surface area (Å²) < 4.78 is 49.0. The second kappa shape index (κ2) is 6.52. The summed E-state index contributed by atoms with van der Waals surface area (Å²) in [5, 5.41) is 4.06. The molecule has 1 aromatic carbocycles. The van der Waals surface area contributed by atoms with Crippen molar-refractivity contribution < 1.29 is 17.5 Å². The molecule has 0 saturated carbocycles. The number of rotatable bonds is 3. The molecule has 0 bridgehead atoms. The fourth-order valence-electron chi connectivity index (χ4n) is 4.03. The zero-order valence-corrected chi connectivity index (χ0v) is 15.9. The van der Waals surface area contributed by atoms with Crippen molar-refractivity contribution in [2.75, 3.05) is 19.7 Å². The second-order valence-corrected chi connectivity index (χ2v) is 9.12. The van der Waals surface area contributed by atoms with E-state index in [-0.39, 0.29) is 11.7 Å². The Labute approximate surface area is 161 Å². The lowest BCUT2D eigenvalue weighted by molar-refractivity contribution is 0.315. The van der Waals surface area contributed by atoms with Crippen molar-refractivity contribution in [2.45, 2.75) is 30.1 Å². The predicted octanol–water partition coefficient (Wildman–Crippen LogP) is 2.37. The smallest absolute Gasteiger partial charge is 0.243 e. The topological polar surface area (TPSA) is 76.8 Å². The van der Waals surface area contributed by atoms with Gasteiger partial charge in [-0.15, -0.1) is 0 Å². The number of aromatic nitrogens is 3. The van der Waals surface area contributed by atoms with Crippen molar-refractivity contribution >= 4 is 15.7 Å². The highest BCUT2D eigenvalue weighted by molar-refractivity contribution is 7.89. The highest BCUT2D eigenvalue weighted by atomic mass is 32.2. The van der Waals surface area contributed by atoms with E-state index in [2.05, 4.69) is 10.1 Å². The maximum Gasteiger partial charge on any atom is 0.243 e. The van der Waals surface area contributed by atoms with Crippen molar-refractivity contribution in [3.63, 3.8) is 0 Å². The van der Waals surface area contributed by atoms with Crippen LogP contribution in [0.15, 0.2) is 41.7 Å². The molecular formula is C19H19FN4O3S. The monoisotopic (exact) mass is 402 g/mol. The van der Waals surface area contributed by atoms with Crippen LogP contribution in [0.2, 0.25) is 0 Å². The number of halogens is 1. The summed E-state index contributed by atoms with van der Waals surface area (Å²) in [7, 11) is -3.57. The first-order valence-corrected chi connectivity index (χ1v) is 10.7. The first kappa shape index (κ1) is 17.6. The van der Waals surface area contributed by atoms with E-state index in [4.69, 9.17) is 4.74 Å². The lowest BCUT2D eigenvalue weighted by Gasteiger charge is -2.31. The highest BCUT2D eigenvalue weighted by Crippen LogP contribution is 2.34. The van der Waals surface area contributed by atoms with Crippen LogP contribution in [0.1, 0.15) is 29.9 Å². The Hall–Kier alpha value is -2.52. The molecule has 0 N–H and O–H groups in total. The van der Waals surface area contributed by atoms with E-state index in [1.165, 1.54) is 16.7 Å². The lowest BCUT2D eigenvalue weighted by atomic mass is 9.91. The fourth-order valence-corrected chi connectivity index (χ4v) is 5.55. The summed E-state index contributed by atoms with van der Waals surface area (Å²) in [5.74, 6) is 0.394. The number of hydrogen-bond donors (Lipinski definition) is 0. The van der Waals surface area contributed by atoms with E-state index in [1.807, 2.05) is 0 Å². The van der Waals surface area contributed by atoms with Gasteiger partial charge in [0.1, 0.15) is 17.9 Å². The molecule has 0 amide bonds. The maximum atomic E-state index is 14.5. The Balaban J connectivity index is 1.35. The largest absolute Gasteiger partial charge is 0.493 e. The van der Waals surface area contributed by atoms with Gasteiger partial charge in [-0.25, -0.2) is 22.3 Å². The number of nitrogens with zero attached hydrogens (tertiary/aromatic N) is 4. The maximum absolute atomic E-state index is 14.5. The van der Waals surface area contributed by atoms with Gasteiger partial charge in [0.25, 0.3) is 0 Å². The van der Waals surface area contributed by atoms with Crippen molar-refractivity contribution in [3.8, 4) is 5.75 Å². The molecule has 5 rings (SSSR count). The van der Waals surface area contributed by atoms with Crippen LogP contribution < -0.4 is 4.74 Å². The lowest BCUT2D eigenvalue weighted by Crippen LogP contribution is -2.38. The summed E-state index contributed by atoms with van der Waals surface area (Å²) in [5.41, 5.74) is 1.95. The number of benzene rings is 1. The minimum absolute atomic E-state index is 0.0477. The summed E-state index contributed by atoms with van der Waals surface area (Å²) >= 11 is 0. The van der Waals surface area contributed by atoms with Gasteiger partial charge in [0.05, 0.1) is 11.5 Å². The first-order valence-electron chi connectivity index (χ1n) is 9.27. The third-order valence-corrected chi connectivity index (χ3v) is 7.48. The summed E-state index contributed by atoms with van der Waals surface area (Å²) in [6.45, 7) is 1.30. The van der Waals surface area contributed by atoms with Crippen LogP contribution in [0.25, 0.3) is 5.65 Å². The average Bonchev–Trinajstić information content (AvgIpc) is 3.35. The molecule has 2 aromatic heterocycles. The molecule has 1 fully saturated rings. The van der Waals surface area contributed by atoms with Crippen molar-refractivity contribution in [3.05, 3.63) is 53.7 Å². The zero-order valence-electron chi connectivity index (χ0n) is 15.1. The molecule has 28 heavy (non-hydrogen) atoms. The Morgan fingerprint density at radius 2 is 2.00 bits per heavy atom. The summed E-state index contributed by atoms with van der Waals surface area (Å²) in [6, 6.07) is 6.41. The Bertz CT molecular complexity index is 1150. The van der Waals surface area contributed by atoms with Crippen LogP contribution in [-0.4, -0.2) is 47.0 Å². The van der Waals surface area contributed by atoms with Crippen molar-refractivity contribution in [1.82, 2.24) is 18.9 Å². The van der Waals surface area contributed by atoms with Gasteiger partial charge in [0.2, 0.25) is 10.0 Å². The molecule has 0 atom stereocenters. The molecule has 0 radical (unpaired) electrons. The van der Waals surface area contributed by atoms with Gasteiger partial charge < -0.3 is 4.74 Å². The molecule has 3 aromatic rings. The van der Waals surface area contributed by atoms with Crippen LogP contribution in [0.3, 0.4) is 0 Å². The molecule has 0 unspecified atom stereocenters. The number of fused-ring (bicyclic) bond motifs is 2. The fraction of sp³-hybridized carbons (Fsp3) is 0.368. The standard InChI is InChI=1S/C19H19FN4O3S/c20-17-10-19-21-12-22-24(19)11-16(17)13-3-6-23(7-4-13)28(25,26)15-1-2-18-14(9-15)5-8-27-18/h1-2,9-13H,3-8H2. The number of ether oxygens (including phenoxy) is 1. The third-order valence-electron chi connectivity index (χ3n) is 5.59. The minimum atomic E-state index is -3.57. The third kappa shape index (κ3) is 2.85. The van der Waals surface area contributed by atoms with Gasteiger partial charge in [-0.3, -0.25) is 0 Å². The van der Waals surface area contributed by atoms with Crippen LogP contribution in [-0.2, 0) is 16.4 Å². The SMILES string of the molecule is O=S(=O)(c1ccc2c(c1)CCO2)N1CCC(c2cn3ncnc3cc2F)CC1. The van der Waals surface area contributed by atoms with Crippen LogP contribution >= 0.6 is 0 Å². The molecule has 2 aliphatic heterocycles. The molecular weight excluding hydrogens is 383 g/mol. The van der Waals surface area contributed by atoms with E-state index in [0.29, 0.717) is 48.6 Å². The second-order valence-electron chi connectivity index (χ2n) is 7.19. The number of piperidine rings is 1. The Morgan fingerprint density at radius 3 is 2.82 bits per heavy atom. The minimum Gasteiger partial charge on any atom is -0.493 e. The zero-order chi connectivity index (χ0) is 19.3. The van der Waals surface area contributed by atoms with Crippen molar-refractivity contribution in [1.29, 1.82) is 0 Å². The Kier molecular flexibility index (Phi) is 4.09. The van der Waals surface area contributed by atoms with Crippen LogP contribution in [0.5, 0.6) is 5.75 Å². The van der Waals surface area contributed by atoms with Gasteiger partial charge in [-0.05, 0) is 42.5 Å². The van der Waals surface area contributed by atoms with Gasteiger partial charge in [-0.2, -0.15) is 9.40 Å². The highest BCUT2D eigenvalue weighted by Gasteiger charge is 2.32. The van der Waals surface area contributed by atoms with Gasteiger partial charge in [0, 0.05) is 37.3 Å². The predicted molar refractivity (Wildman–Crippen MR) is 99.3 cm³/mol. The normalized spacial score (nSPS) is 18.3. The van der Waals surface area contributed by atoms with Gasteiger partial charge in [-0.1, -0.05) is 0 Å². The quantitative estimate of drug-likeness (QED) is 0.672. The van der Waals surface area contributed by atoms with E-state index in [0.717, 1.165) is 17.7 Å². The van der Waals surface area contributed by atoms with Crippen LogP contribution in [0.4, 0.5) is 4.39 Å². The molecule has 0 spiro atoms. The van der Waals surface area contributed by atoms with Gasteiger partial charge in [0.15, 0.2) is 5.65 Å². The number of hydrogen-bond acceptors (Lipinski definition) is 5. The molecule has 0 aliphatic carbocycles. The summed E-state index contributed by atoms with van der Waals surface area (Å²) in [4.78, 5) is 4.28. The van der Waals surface area contributed by atoms with E-state index >= 15 is 0 Å². The molecule has 1 saturated heterocycles. The molecule has 7 nitrogen and oxygen atoms in total. The molecule has 2 aliphatic rings. The van der Waals surface area contributed by atoms with Crippen molar-refractivity contribution in [2.24, 2.45) is 0 Å². The summed E-state index contributed by atoms with van der Waals surface area (Å²) in [6.07, 6.45) is 4.89. The number of pyridine rings is 1. The molecule has 4 heterocycles. The molecule has 9 heteroatoms. The number of sulfonamides is 1. The average molecular weight is 402 g/mol. The molecule has 146 valence electrons. The Morgan fingerprint density at radius 1 is 1.18 bits per heavy atom. The van der Waals surface area contributed by atoms with Gasteiger partial charge >= 0.3 is 0 Å². The van der Waals surface area contributed by atoms with Crippen LogP contribution in [0, 0.1) is 5.82 Å². The van der Waals surface area contributed by atoms with E-state index in [9.17, 15) is 12.8 Å².